The fraction of sp³-hybridized carbons (Fsp3) is 0.500. The van der Waals surface area contributed by atoms with Crippen LogP contribution in [0.5, 0.6) is 0 Å². The molecule has 7 nitrogen and oxygen atoms in total. The van der Waals surface area contributed by atoms with Crippen LogP contribution >= 0.6 is 0 Å². The van der Waals surface area contributed by atoms with Crippen molar-refractivity contribution in [1.82, 2.24) is 25.0 Å². The number of H-pyrrole nitrogens is 1. The van der Waals surface area contributed by atoms with Crippen molar-refractivity contribution in [3.05, 3.63) is 47.5 Å². The largest absolute Gasteiger partial charge is 0.336 e. The summed E-state index contributed by atoms with van der Waals surface area (Å²) in [5.74, 6) is 0.559. The van der Waals surface area contributed by atoms with Crippen LogP contribution in [-0.4, -0.2) is 62.5 Å². The highest BCUT2D eigenvalue weighted by Gasteiger charge is 2.39. The molecule has 0 aliphatic carbocycles. The van der Waals surface area contributed by atoms with Crippen LogP contribution in [-0.2, 0) is 0 Å². The van der Waals surface area contributed by atoms with Crippen LogP contribution in [0.1, 0.15) is 59.1 Å². The minimum atomic E-state index is -0.0384. The molecule has 0 saturated carbocycles. The maximum Gasteiger partial charge on any atom is 0.274 e. The number of amides is 2. The molecule has 27 heavy (non-hydrogen) atoms. The molecular formula is C20H25N5O2. The molecule has 2 aromatic heterocycles. The number of fused-ring (bicyclic) bond motifs is 4. The van der Waals surface area contributed by atoms with Crippen LogP contribution in [0.25, 0.3) is 0 Å². The Kier molecular flexibility index (Phi) is 4.68. The van der Waals surface area contributed by atoms with Crippen LogP contribution in [0.3, 0.4) is 0 Å². The second kappa shape index (κ2) is 7.13. The third-order valence-electron chi connectivity index (χ3n) is 5.61. The lowest BCUT2D eigenvalue weighted by molar-refractivity contribution is 0.0568. The van der Waals surface area contributed by atoms with E-state index in [1.807, 2.05) is 15.9 Å². The minimum absolute atomic E-state index is 0.00355. The molecule has 5 rings (SSSR count). The molecule has 2 amide bonds. The lowest BCUT2D eigenvalue weighted by Crippen LogP contribution is -2.47. The molecule has 142 valence electrons. The molecule has 2 atom stereocenters. The van der Waals surface area contributed by atoms with E-state index in [1.165, 1.54) is 0 Å². The molecule has 0 aromatic carbocycles. The first-order valence-electron chi connectivity index (χ1n) is 9.58. The number of rotatable bonds is 3. The predicted molar refractivity (Wildman–Crippen MR) is 100 cm³/mol. The smallest absolute Gasteiger partial charge is 0.274 e. The number of piperidine rings is 1. The average Bonchev–Trinajstić information content (AvgIpc) is 3.01. The molecule has 2 bridgehead atoms. The van der Waals surface area contributed by atoms with Gasteiger partial charge in [0, 0.05) is 43.8 Å². The highest BCUT2D eigenvalue weighted by atomic mass is 16.2. The van der Waals surface area contributed by atoms with Crippen molar-refractivity contribution in [2.45, 2.75) is 38.6 Å². The minimum Gasteiger partial charge on any atom is -0.336 e. The average molecular weight is 367 g/mol. The quantitative estimate of drug-likeness (QED) is 0.902. The Balaban J connectivity index is 1.52. The van der Waals surface area contributed by atoms with Gasteiger partial charge in [-0.05, 0) is 42.9 Å². The van der Waals surface area contributed by atoms with Gasteiger partial charge in [0.05, 0.1) is 5.56 Å². The van der Waals surface area contributed by atoms with Gasteiger partial charge < -0.3 is 9.80 Å². The molecule has 3 aliphatic heterocycles. The molecule has 7 heteroatoms. The number of nitrogens with one attached hydrogen (secondary N) is 1. The highest BCUT2D eigenvalue weighted by Crippen LogP contribution is 2.30. The molecule has 5 heterocycles. The van der Waals surface area contributed by atoms with Gasteiger partial charge in [-0.15, -0.1) is 0 Å². The zero-order valence-corrected chi connectivity index (χ0v) is 15.8. The number of aromatic amines is 1. The number of pyridine rings is 1. The molecule has 0 spiro atoms. The number of nitrogens with zero attached hydrogens (tertiary/aromatic N) is 4. The summed E-state index contributed by atoms with van der Waals surface area (Å²) in [5.41, 5.74) is 2.04. The van der Waals surface area contributed by atoms with Crippen molar-refractivity contribution in [3.63, 3.8) is 0 Å². The Morgan fingerprint density at radius 1 is 1.19 bits per heavy atom. The van der Waals surface area contributed by atoms with E-state index < -0.39 is 0 Å². The summed E-state index contributed by atoms with van der Waals surface area (Å²) >= 11 is 0. The Labute approximate surface area is 158 Å². The summed E-state index contributed by atoms with van der Waals surface area (Å²) in [5, 5.41) is 7.19. The number of carbonyl (C=O) groups excluding carboxylic acids is 2. The first-order chi connectivity index (χ1) is 13.0. The van der Waals surface area contributed by atoms with Crippen molar-refractivity contribution in [3.8, 4) is 0 Å². The van der Waals surface area contributed by atoms with E-state index in [2.05, 4.69) is 29.0 Å². The van der Waals surface area contributed by atoms with E-state index in [-0.39, 0.29) is 17.9 Å². The fourth-order valence-electron chi connectivity index (χ4n) is 4.06. The van der Waals surface area contributed by atoms with Crippen molar-refractivity contribution in [1.29, 1.82) is 0 Å². The number of aromatic nitrogens is 3. The van der Waals surface area contributed by atoms with Crippen LogP contribution in [0.2, 0.25) is 0 Å². The Bertz CT molecular complexity index is 832. The summed E-state index contributed by atoms with van der Waals surface area (Å²) in [6.45, 7) is 6.07. The fourth-order valence-corrected chi connectivity index (χ4v) is 4.06. The van der Waals surface area contributed by atoms with E-state index >= 15 is 0 Å². The molecule has 1 N–H and O–H groups in total. The van der Waals surface area contributed by atoms with Crippen molar-refractivity contribution in [2.75, 3.05) is 19.6 Å². The van der Waals surface area contributed by atoms with Crippen molar-refractivity contribution >= 4 is 11.8 Å². The van der Waals surface area contributed by atoms with Gasteiger partial charge in [-0.3, -0.25) is 19.7 Å². The zero-order chi connectivity index (χ0) is 19.0. The molecule has 3 aliphatic rings. The second-order valence-electron chi connectivity index (χ2n) is 7.87. The monoisotopic (exact) mass is 367 g/mol. The van der Waals surface area contributed by atoms with Gasteiger partial charge in [0.1, 0.15) is 5.69 Å². The Morgan fingerprint density at radius 2 is 2.04 bits per heavy atom. The third kappa shape index (κ3) is 3.46. The molecule has 2 aromatic rings. The Hall–Kier alpha value is -2.70. The van der Waals surface area contributed by atoms with Crippen molar-refractivity contribution < 1.29 is 9.59 Å². The summed E-state index contributed by atoms with van der Waals surface area (Å²) < 4.78 is 0. The van der Waals surface area contributed by atoms with E-state index in [1.54, 1.807) is 24.5 Å². The predicted octanol–water partition coefficient (Wildman–Crippen LogP) is 2.30. The summed E-state index contributed by atoms with van der Waals surface area (Å²) in [6, 6.07) is 5.46. The van der Waals surface area contributed by atoms with E-state index in [4.69, 9.17) is 0 Å². The van der Waals surface area contributed by atoms with Gasteiger partial charge in [-0.25, -0.2) is 0 Å². The first kappa shape index (κ1) is 17.7. The van der Waals surface area contributed by atoms with Crippen LogP contribution in [0, 0.1) is 5.92 Å². The summed E-state index contributed by atoms with van der Waals surface area (Å²) in [7, 11) is 0. The molecule has 3 fully saturated rings. The molecule has 0 radical (unpaired) electrons. The second-order valence-corrected chi connectivity index (χ2v) is 7.87. The van der Waals surface area contributed by atoms with Gasteiger partial charge >= 0.3 is 0 Å². The van der Waals surface area contributed by atoms with Gasteiger partial charge in [0.15, 0.2) is 0 Å². The summed E-state index contributed by atoms with van der Waals surface area (Å²) in [4.78, 5) is 33.8. The van der Waals surface area contributed by atoms with Crippen LogP contribution < -0.4 is 0 Å². The normalized spacial score (nSPS) is 22.2. The maximum absolute atomic E-state index is 13.1. The van der Waals surface area contributed by atoms with E-state index in [0.29, 0.717) is 42.7 Å². The van der Waals surface area contributed by atoms with Crippen molar-refractivity contribution in [2.24, 2.45) is 5.92 Å². The lowest BCUT2D eigenvalue weighted by Gasteiger charge is -2.35. The number of hydrogen-bond donors (Lipinski definition) is 1. The van der Waals surface area contributed by atoms with Gasteiger partial charge in [0.25, 0.3) is 11.8 Å². The molecular weight excluding hydrogens is 342 g/mol. The Morgan fingerprint density at radius 3 is 2.74 bits per heavy atom. The zero-order valence-electron chi connectivity index (χ0n) is 15.8. The van der Waals surface area contributed by atoms with Gasteiger partial charge in [0.2, 0.25) is 0 Å². The topological polar surface area (TPSA) is 82.2 Å². The lowest BCUT2D eigenvalue weighted by atomic mass is 9.94. The first-order valence-corrected chi connectivity index (χ1v) is 9.58. The third-order valence-corrected chi connectivity index (χ3v) is 5.61. The summed E-state index contributed by atoms with van der Waals surface area (Å²) in [6.07, 6.45) is 5.24. The standard InChI is InChI=1S/C20H25N5O2/c1-13(2)17-8-18(23-22-17)20(27)25-11-14-5-6-16(25)12-24(10-14)19(26)15-4-3-7-21-9-15/h3-4,7-9,13-14,16H,5-6,10-12H2,1-2H3,(H,22,23)/t14-,16+/m0/s1. The van der Waals surface area contributed by atoms with Crippen LogP contribution in [0.4, 0.5) is 0 Å². The highest BCUT2D eigenvalue weighted by molar-refractivity contribution is 5.95. The van der Waals surface area contributed by atoms with E-state index in [0.717, 1.165) is 18.5 Å². The molecule has 0 unspecified atom stereocenters. The van der Waals surface area contributed by atoms with Crippen LogP contribution in [0.15, 0.2) is 30.6 Å². The number of hydrogen-bond acceptors (Lipinski definition) is 4. The van der Waals surface area contributed by atoms with Gasteiger partial charge in [-0.1, -0.05) is 13.8 Å². The van der Waals surface area contributed by atoms with E-state index in [9.17, 15) is 9.59 Å². The van der Waals surface area contributed by atoms with Gasteiger partial charge in [-0.2, -0.15) is 5.10 Å². The number of carbonyl (C=O) groups is 2. The SMILES string of the molecule is CC(C)c1cc(C(=O)N2C[C@H]3CC[C@@H]2CN(C(=O)c2cccnc2)C3)n[nH]1. The molecule has 3 saturated heterocycles. The maximum atomic E-state index is 13.1.